The Hall–Kier alpha value is -1.69. The fourth-order valence-corrected chi connectivity index (χ4v) is 1.90. The van der Waals surface area contributed by atoms with Crippen LogP contribution in [0.3, 0.4) is 0 Å². The number of rotatable bonds is 6. The molecule has 0 bridgehead atoms. The summed E-state index contributed by atoms with van der Waals surface area (Å²) in [5.41, 5.74) is 0.828. The Morgan fingerprint density at radius 2 is 2.17 bits per heavy atom. The molecule has 0 radical (unpaired) electrons. The van der Waals surface area contributed by atoms with Crippen molar-refractivity contribution in [1.29, 1.82) is 0 Å². The van der Waals surface area contributed by atoms with Crippen LogP contribution in [-0.2, 0) is 19.5 Å². The summed E-state index contributed by atoms with van der Waals surface area (Å²) >= 11 is 0. The molecule has 1 atom stereocenters. The van der Waals surface area contributed by atoms with Gasteiger partial charge in [0, 0.05) is 31.3 Å². The average Bonchev–Trinajstić information content (AvgIpc) is 2.98. The lowest BCUT2D eigenvalue weighted by Crippen LogP contribution is -2.09. The van der Waals surface area contributed by atoms with E-state index in [-0.39, 0.29) is 0 Å². The lowest BCUT2D eigenvalue weighted by Gasteiger charge is -2.08. The van der Waals surface area contributed by atoms with E-state index in [1.54, 1.807) is 10.9 Å². The zero-order valence-corrected chi connectivity index (χ0v) is 10.8. The van der Waals surface area contributed by atoms with E-state index in [0.29, 0.717) is 6.42 Å². The second kappa shape index (κ2) is 5.77. The fraction of sp³-hybridized carbons (Fsp3) is 0.583. The van der Waals surface area contributed by atoms with E-state index in [2.05, 4.69) is 22.1 Å². The van der Waals surface area contributed by atoms with Gasteiger partial charge in [0.1, 0.15) is 12.2 Å². The van der Waals surface area contributed by atoms with Crippen molar-refractivity contribution in [2.75, 3.05) is 0 Å². The van der Waals surface area contributed by atoms with Gasteiger partial charge in [-0.05, 0) is 13.3 Å². The molecule has 0 saturated heterocycles. The third-order valence-corrected chi connectivity index (χ3v) is 2.86. The first kappa shape index (κ1) is 12.8. The van der Waals surface area contributed by atoms with Crippen LogP contribution in [0.5, 0.6) is 0 Å². The van der Waals surface area contributed by atoms with Gasteiger partial charge in [-0.25, -0.2) is 4.98 Å². The van der Waals surface area contributed by atoms with Gasteiger partial charge in [-0.1, -0.05) is 6.92 Å². The monoisotopic (exact) mass is 249 g/mol. The number of aromatic nitrogens is 5. The summed E-state index contributed by atoms with van der Waals surface area (Å²) in [4.78, 5) is 4.16. The topological polar surface area (TPSA) is 68.8 Å². The van der Waals surface area contributed by atoms with Crippen LogP contribution in [0.2, 0.25) is 0 Å². The van der Waals surface area contributed by atoms with Gasteiger partial charge in [0.05, 0.1) is 12.3 Å². The van der Waals surface area contributed by atoms with Crippen LogP contribution in [0, 0.1) is 0 Å². The van der Waals surface area contributed by atoms with E-state index in [4.69, 9.17) is 0 Å². The Morgan fingerprint density at radius 1 is 1.33 bits per heavy atom. The molecule has 0 spiro atoms. The predicted octanol–water partition coefficient (Wildman–Crippen LogP) is 1.18. The molecule has 0 aliphatic heterocycles. The average molecular weight is 249 g/mol. The highest BCUT2D eigenvalue weighted by molar-refractivity contribution is 5.10. The normalized spacial score (nSPS) is 12.8. The van der Waals surface area contributed by atoms with Gasteiger partial charge in [-0.3, -0.25) is 9.36 Å². The van der Waals surface area contributed by atoms with Crippen LogP contribution < -0.4 is 0 Å². The zero-order valence-electron chi connectivity index (χ0n) is 10.8. The fourth-order valence-electron chi connectivity index (χ4n) is 1.90. The maximum Gasteiger partial charge on any atom is 0.138 e. The van der Waals surface area contributed by atoms with Gasteiger partial charge in [0.15, 0.2) is 0 Å². The Kier molecular flexibility index (Phi) is 4.09. The predicted molar refractivity (Wildman–Crippen MR) is 66.9 cm³/mol. The molecule has 1 N–H and O–H groups in total. The molecular formula is C12H19N5O. The summed E-state index contributed by atoms with van der Waals surface area (Å²) < 4.78 is 3.64. The van der Waals surface area contributed by atoms with Crippen LogP contribution in [0.25, 0.3) is 0 Å². The Bertz CT molecular complexity index is 490. The third kappa shape index (κ3) is 2.76. The molecule has 6 nitrogen and oxygen atoms in total. The van der Waals surface area contributed by atoms with Crippen molar-refractivity contribution in [3.8, 4) is 0 Å². The van der Waals surface area contributed by atoms with E-state index in [0.717, 1.165) is 30.9 Å². The van der Waals surface area contributed by atoms with E-state index in [1.165, 1.54) is 6.33 Å². The van der Waals surface area contributed by atoms with Crippen LogP contribution in [-0.4, -0.2) is 29.7 Å². The summed E-state index contributed by atoms with van der Waals surface area (Å²) in [6, 6.07) is 0. The molecule has 98 valence electrons. The van der Waals surface area contributed by atoms with Gasteiger partial charge < -0.3 is 5.11 Å². The van der Waals surface area contributed by atoms with Crippen molar-refractivity contribution in [2.24, 2.45) is 0 Å². The SMILES string of the molecule is CCCn1cc(C(O)Cc2ncnn2CC)cn1. The molecule has 2 aromatic rings. The lowest BCUT2D eigenvalue weighted by molar-refractivity contribution is 0.174. The van der Waals surface area contributed by atoms with Gasteiger partial charge in [-0.2, -0.15) is 10.2 Å². The van der Waals surface area contributed by atoms with Crippen molar-refractivity contribution in [2.45, 2.75) is 45.9 Å². The molecular weight excluding hydrogens is 230 g/mol. The van der Waals surface area contributed by atoms with Crippen molar-refractivity contribution in [3.05, 3.63) is 30.1 Å². The molecule has 6 heteroatoms. The first-order chi connectivity index (χ1) is 8.74. The van der Waals surface area contributed by atoms with E-state index in [1.807, 2.05) is 17.8 Å². The van der Waals surface area contributed by atoms with Crippen molar-refractivity contribution < 1.29 is 5.11 Å². The Balaban J connectivity index is 2.04. The molecule has 18 heavy (non-hydrogen) atoms. The molecule has 0 aliphatic carbocycles. The summed E-state index contributed by atoms with van der Waals surface area (Å²) in [7, 11) is 0. The number of aliphatic hydroxyl groups excluding tert-OH is 1. The second-order valence-electron chi connectivity index (χ2n) is 4.25. The van der Waals surface area contributed by atoms with Crippen molar-refractivity contribution >= 4 is 0 Å². The van der Waals surface area contributed by atoms with Crippen LogP contribution in [0.1, 0.15) is 37.8 Å². The maximum absolute atomic E-state index is 10.2. The van der Waals surface area contributed by atoms with Gasteiger partial charge in [0.25, 0.3) is 0 Å². The molecule has 0 fully saturated rings. The number of hydrogen-bond donors (Lipinski definition) is 1. The van der Waals surface area contributed by atoms with Gasteiger partial charge >= 0.3 is 0 Å². The largest absolute Gasteiger partial charge is 0.388 e. The highest BCUT2D eigenvalue weighted by atomic mass is 16.3. The lowest BCUT2D eigenvalue weighted by atomic mass is 10.1. The van der Waals surface area contributed by atoms with E-state index in [9.17, 15) is 5.11 Å². The minimum Gasteiger partial charge on any atom is -0.388 e. The van der Waals surface area contributed by atoms with E-state index >= 15 is 0 Å². The van der Waals surface area contributed by atoms with E-state index < -0.39 is 6.10 Å². The zero-order chi connectivity index (χ0) is 13.0. The number of aliphatic hydroxyl groups is 1. The summed E-state index contributed by atoms with van der Waals surface area (Å²) in [6.45, 7) is 5.74. The number of aryl methyl sites for hydroxylation is 2. The quantitative estimate of drug-likeness (QED) is 0.834. The van der Waals surface area contributed by atoms with Crippen LogP contribution in [0.4, 0.5) is 0 Å². The molecule has 0 amide bonds. The van der Waals surface area contributed by atoms with Gasteiger partial charge in [-0.15, -0.1) is 0 Å². The maximum atomic E-state index is 10.2. The number of nitrogens with zero attached hydrogens (tertiary/aromatic N) is 5. The molecule has 0 aliphatic rings. The third-order valence-electron chi connectivity index (χ3n) is 2.86. The molecule has 2 heterocycles. The number of hydrogen-bond acceptors (Lipinski definition) is 4. The Morgan fingerprint density at radius 3 is 2.89 bits per heavy atom. The smallest absolute Gasteiger partial charge is 0.138 e. The first-order valence-corrected chi connectivity index (χ1v) is 6.31. The minimum absolute atomic E-state index is 0.464. The Labute approximate surface area is 106 Å². The van der Waals surface area contributed by atoms with Crippen molar-refractivity contribution in [3.63, 3.8) is 0 Å². The summed E-state index contributed by atoms with van der Waals surface area (Å²) in [6.07, 6.45) is 6.04. The molecule has 2 aromatic heterocycles. The highest BCUT2D eigenvalue weighted by Gasteiger charge is 2.14. The van der Waals surface area contributed by atoms with Gasteiger partial charge in [0.2, 0.25) is 0 Å². The second-order valence-corrected chi connectivity index (χ2v) is 4.25. The summed E-state index contributed by atoms with van der Waals surface area (Å²) in [5, 5.41) is 18.5. The van der Waals surface area contributed by atoms with Crippen molar-refractivity contribution in [1.82, 2.24) is 24.5 Å². The minimum atomic E-state index is -0.579. The standard InChI is InChI=1S/C12H19N5O/c1-3-5-16-8-10(7-14-16)11(18)6-12-13-9-15-17(12)4-2/h7-9,11,18H,3-6H2,1-2H3. The molecule has 0 aromatic carbocycles. The first-order valence-electron chi connectivity index (χ1n) is 6.31. The highest BCUT2D eigenvalue weighted by Crippen LogP contribution is 2.16. The van der Waals surface area contributed by atoms with Crippen LogP contribution in [0.15, 0.2) is 18.7 Å². The molecule has 1 unspecified atom stereocenters. The molecule has 0 saturated carbocycles. The molecule has 2 rings (SSSR count). The van der Waals surface area contributed by atoms with Crippen LogP contribution >= 0.6 is 0 Å². The summed E-state index contributed by atoms with van der Waals surface area (Å²) in [5.74, 6) is 0.799.